The summed E-state index contributed by atoms with van der Waals surface area (Å²) in [4.78, 5) is 40.0. The maximum atomic E-state index is 12.9. The third-order valence-electron chi connectivity index (χ3n) is 6.07. The Kier molecular flexibility index (Phi) is 6.21. The molecule has 0 spiro atoms. The van der Waals surface area contributed by atoms with E-state index >= 15 is 0 Å². The lowest BCUT2D eigenvalue weighted by molar-refractivity contribution is -0.129. The van der Waals surface area contributed by atoms with Gasteiger partial charge in [-0.3, -0.25) is 14.4 Å². The monoisotopic (exact) mass is 421 g/mol. The van der Waals surface area contributed by atoms with E-state index in [9.17, 15) is 14.4 Å². The number of para-hydroxylation sites is 1. The number of likely N-dealkylation sites (tertiary alicyclic amines) is 1. The summed E-state index contributed by atoms with van der Waals surface area (Å²) in [6.07, 6.45) is 4.55. The second-order valence-corrected chi connectivity index (χ2v) is 8.10. The molecular weight excluding hydrogens is 394 g/mol. The van der Waals surface area contributed by atoms with Crippen molar-refractivity contribution < 1.29 is 19.1 Å². The minimum absolute atomic E-state index is 0.0533. The van der Waals surface area contributed by atoms with Crippen LogP contribution in [0.3, 0.4) is 0 Å². The lowest BCUT2D eigenvalue weighted by atomic mass is 10.1. The van der Waals surface area contributed by atoms with Crippen molar-refractivity contribution in [1.29, 1.82) is 0 Å². The molecule has 162 valence electrons. The fourth-order valence-corrected chi connectivity index (χ4v) is 4.37. The van der Waals surface area contributed by atoms with Crippen LogP contribution in [-0.2, 0) is 9.59 Å². The van der Waals surface area contributed by atoms with Gasteiger partial charge in [-0.1, -0.05) is 25.0 Å². The van der Waals surface area contributed by atoms with E-state index in [1.54, 1.807) is 55.6 Å². The van der Waals surface area contributed by atoms with E-state index in [-0.39, 0.29) is 30.2 Å². The fourth-order valence-electron chi connectivity index (χ4n) is 4.37. The number of rotatable bonds is 6. The Morgan fingerprint density at radius 1 is 1.00 bits per heavy atom. The van der Waals surface area contributed by atoms with Crippen molar-refractivity contribution in [1.82, 2.24) is 4.90 Å². The second kappa shape index (κ2) is 9.20. The highest BCUT2D eigenvalue weighted by Crippen LogP contribution is 2.30. The lowest BCUT2D eigenvalue weighted by Gasteiger charge is -2.24. The minimum Gasteiger partial charge on any atom is -0.497 e. The topological polar surface area (TPSA) is 87.7 Å². The molecule has 1 atom stereocenters. The van der Waals surface area contributed by atoms with Crippen molar-refractivity contribution in [3.63, 3.8) is 0 Å². The van der Waals surface area contributed by atoms with Crippen molar-refractivity contribution >= 4 is 29.1 Å². The SMILES string of the molecule is COc1ccc(NC(=O)c2ccccc2NC(=O)C2CC(=O)N(C3CCCC3)C2)cc1. The summed E-state index contributed by atoms with van der Waals surface area (Å²) < 4.78 is 5.13. The first-order valence-electron chi connectivity index (χ1n) is 10.7. The van der Waals surface area contributed by atoms with Crippen LogP contribution in [0.15, 0.2) is 48.5 Å². The molecule has 2 N–H and O–H groups in total. The van der Waals surface area contributed by atoms with E-state index in [0.717, 1.165) is 25.7 Å². The van der Waals surface area contributed by atoms with Gasteiger partial charge in [0.25, 0.3) is 5.91 Å². The largest absolute Gasteiger partial charge is 0.497 e. The lowest BCUT2D eigenvalue weighted by Crippen LogP contribution is -2.35. The maximum absolute atomic E-state index is 12.9. The molecule has 1 unspecified atom stereocenters. The predicted octanol–water partition coefficient (Wildman–Crippen LogP) is 3.68. The van der Waals surface area contributed by atoms with Crippen molar-refractivity contribution in [2.45, 2.75) is 38.1 Å². The molecule has 2 aromatic rings. The molecule has 1 aliphatic carbocycles. The number of nitrogens with one attached hydrogen (secondary N) is 2. The van der Waals surface area contributed by atoms with Crippen molar-refractivity contribution in [3.05, 3.63) is 54.1 Å². The Balaban J connectivity index is 1.42. The molecule has 2 aromatic carbocycles. The molecule has 2 aliphatic rings. The summed E-state index contributed by atoms with van der Waals surface area (Å²) >= 11 is 0. The molecule has 1 aliphatic heterocycles. The smallest absolute Gasteiger partial charge is 0.257 e. The quantitative estimate of drug-likeness (QED) is 0.745. The van der Waals surface area contributed by atoms with Gasteiger partial charge in [-0.25, -0.2) is 0 Å². The van der Waals surface area contributed by atoms with Gasteiger partial charge in [0.2, 0.25) is 11.8 Å². The van der Waals surface area contributed by atoms with Gasteiger partial charge in [0, 0.05) is 24.7 Å². The average Bonchev–Trinajstić information content (AvgIpc) is 3.44. The van der Waals surface area contributed by atoms with Crippen LogP contribution in [0.25, 0.3) is 0 Å². The zero-order valence-electron chi connectivity index (χ0n) is 17.6. The standard InChI is InChI=1S/C24H27N3O4/c1-31-19-12-10-17(11-13-19)25-24(30)20-8-4-5-9-21(20)26-23(29)16-14-22(28)27(15-16)18-6-2-3-7-18/h4-5,8-13,16,18H,2-3,6-7,14-15H2,1H3,(H,25,30)(H,26,29). The summed E-state index contributed by atoms with van der Waals surface area (Å²) in [5.74, 6) is -0.193. The first kappa shape index (κ1) is 20.9. The van der Waals surface area contributed by atoms with Crippen LogP contribution >= 0.6 is 0 Å². The first-order valence-corrected chi connectivity index (χ1v) is 10.7. The van der Waals surface area contributed by atoms with E-state index in [0.29, 0.717) is 29.2 Å². The average molecular weight is 421 g/mol. The van der Waals surface area contributed by atoms with Crippen LogP contribution < -0.4 is 15.4 Å². The Bertz CT molecular complexity index is 967. The van der Waals surface area contributed by atoms with Crippen molar-refractivity contribution in [2.24, 2.45) is 5.92 Å². The normalized spacial score (nSPS) is 18.8. The van der Waals surface area contributed by atoms with Crippen LogP contribution in [0, 0.1) is 5.92 Å². The highest BCUT2D eigenvalue weighted by molar-refractivity contribution is 6.10. The molecule has 7 heteroatoms. The Morgan fingerprint density at radius 2 is 1.71 bits per heavy atom. The Hall–Kier alpha value is -3.35. The van der Waals surface area contributed by atoms with E-state index in [1.807, 2.05) is 4.90 Å². The van der Waals surface area contributed by atoms with Gasteiger partial charge in [-0.05, 0) is 49.2 Å². The number of nitrogens with zero attached hydrogens (tertiary/aromatic N) is 1. The third kappa shape index (κ3) is 4.71. The van der Waals surface area contributed by atoms with Gasteiger partial charge >= 0.3 is 0 Å². The molecule has 0 radical (unpaired) electrons. The number of anilines is 2. The number of benzene rings is 2. The molecule has 0 bridgehead atoms. The maximum Gasteiger partial charge on any atom is 0.257 e. The second-order valence-electron chi connectivity index (χ2n) is 8.10. The molecule has 1 saturated heterocycles. The van der Waals surface area contributed by atoms with Gasteiger partial charge in [-0.2, -0.15) is 0 Å². The van der Waals surface area contributed by atoms with Crippen molar-refractivity contribution in [3.8, 4) is 5.75 Å². The fraction of sp³-hybridized carbons (Fsp3) is 0.375. The summed E-state index contributed by atoms with van der Waals surface area (Å²) in [5.41, 5.74) is 1.43. The minimum atomic E-state index is -0.397. The summed E-state index contributed by atoms with van der Waals surface area (Å²) in [7, 11) is 1.58. The number of hydrogen-bond acceptors (Lipinski definition) is 4. The summed E-state index contributed by atoms with van der Waals surface area (Å²) in [5, 5.41) is 5.71. The number of carbonyl (C=O) groups is 3. The molecular formula is C24H27N3O4. The van der Waals surface area contributed by atoms with Gasteiger partial charge in [0.05, 0.1) is 24.3 Å². The number of amides is 3. The van der Waals surface area contributed by atoms with Crippen LogP contribution in [0.5, 0.6) is 5.75 Å². The molecule has 3 amide bonds. The van der Waals surface area contributed by atoms with Crippen LogP contribution in [0.4, 0.5) is 11.4 Å². The molecule has 1 saturated carbocycles. The summed E-state index contributed by atoms with van der Waals surface area (Å²) in [6, 6.07) is 14.2. The Morgan fingerprint density at radius 3 is 2.42 bits per heavy atom. The molecule has 31 heavy (non-hydrogen) atoms. The van der Waals surface area contributed by atoms with Crippen LogP contribution in [-0.4, -0.2) is 42.3 Å². The van der Waals surface area contributed by atoms with Gasteiger partial charge in [-0.15, -0.1) is 0 Å². The van der Waals surface area contributed by atoms with Crippen molar-refractivity contribution in [2.75, 3.05) is 24.3 Å². The molecule has 1 heterocycles. The Labute approximate surface area is 181 Å². The van der Waals surface area contributed by atoms with E-state index in [4.69, 9.17) is 4.74 Å². The first-order chi connectivity index (χ1) is 15.0. The van der Waals surface area contributed by atoms with E-state index < -0.39 is 5.92 Å². The number of ether oxygens (including phenoxy) is 1. The highest BCUT2D eigenvalue weighted by atomic mass is 16.5. The number of methoxy groups -OCH3 is 1. The van der Waals surface area contributed by atoms with Gasteiger partial charge < -0.3 is 20.3 Å². The zero-order chi connectivity index (χ0) is 21.8. The van der Waals surface area contributed by atoms with Crippen LogP contribution in [0.2, 0.25) is 0 Å². The zero-order valence-corrected chi connectivity index (χ0v) is 17.6. The predicted molar refractivity (Wildman–Crippen MR) is 118 cm³/mol. The number of hydrogen-bond donors (Lipinski definition) is 2. The molecule has 7 nitrogen and oxygen atoms in total. The van der Waals surface area contributed by atoms with Crippen LogP contribution in [0.1, 0.15) is 42.5 Å². The van der Waals surface area contributed by atoms with E-state index in [1.165, 1.54) is 0 Å². The number of carbonyl (C=O) groups excluding carboxylic acids is 3. The molecule has 4 rings (SSSR count). The van der Waals surface area contributed by atoms with Gasteiger partial charge in [0.1, 0.15) is 5.75 Å². The molecule has 2 fully saturated rings. The van der Waals surface area contributed by atoms with E-state index in [2.05, 4.69) is 10.6 Å². The third-order valence-corrected chi connectivity index (χ3v) is 6.07. The van der Waals surface area contributed by atoms with Gasteiger partial charge in [0.15, 0.2) is 0 Å². The summed E-state index contributed by atoms with van der Waals surface area (Å²) in [6.45, 7) is 0.454. The molecule has 0 aromatic heterocycles. The highest BCUT2D eigenvalue weighted by Gasteiger charge is 2.38.